The maximum atomic E-state index is 13.5. The van der Waals surface area contributed by atoms with E-state index in [1.165, 1.54) is 9.78 Å². The number of fused-ring (bicyclic) bond motifs is 1. The molecule has 0 radical (unpaired) electrons. The van der Waals surface area contributed by atoms with Gasteiger partial charge in [0.1, 0.15) is 6.54 Å². The standard InChI is InChI=1S/C22H27Cl2N3O2S/c1-14(2)12-26(22(29)25(3)4)13-20(28)27-9-7-19-17(8-10-30-19)21(27)16-6-5-15(23)11-18(16)24/h5-6,8,10-11,14,21H,7,9,12-13H2,1-4H3. The molecule has 0 N–H and O–H groups in total. The first-order chi connectivity index (χ1) is 14.2. The van der Waals surface area contributed by atoms with Crippen molar-refractivity contribution in [2.45, 2.75) is 26.3 Å². The molecule has 1 atom stereocenters. The molecule has 1 unspecified atom stereocenters. The zero-order chi connectivity index (χ0) is 22.0. The number of hydrogen-bond donors (Lipinski definition) is 0. The van der Waals surface area contributed by atoms with Gasteiger partial charge in [0.15, 0.2) is 0 Å². The van der Waals surface area contributed by atoms with Gasteiger partial charge in [0, 0.05) is 42.1 Å². The Morgan fingerprint density at radius 3 is 2.57 bits per heavy atom. The summed E-state index contributed by atoms with van der Waals surface area (Å²) in [6.45, 7) is 5.22. The first kappa shape index (κ1) is 22.9. The van der Waals surface area contributed by atoms with Crippen molar-refractivity contribution in [2.24, 2.45) is 5.92 Å². The predicted molar refractivity (Wildman–Crippen MR) is 124 cm³/mol. The van der Waals surface area contributed by atoms with E-state index < -0.39 is 0 Å². The molecule has 1 aliphatic rings. The van der Waals surface area contributed by atoms with Crippen molar-refractivity contribution in [3.05, 3.63) is 55.7 Å². The zero-order valence-corrected chi connectivity index (χ0v) is 20.0. The molecule has 5 nitrogen and oxygen atoms in total. The van der Waals surface area contributed by atoms with Gasteiger partial charge in [-0.2, -0.15) is 0 Å². The summed E-state index contributed by atoms with van der Waals surface area (Å²) in [5.41, 5.74) is 1.95. The molecule has 3 amide bonds. The molecule has 2 heterocycles. The number of carbonyl (C=O) groups excluding carboxylic acids is 2. The summed E-state index contributed by atoms with van der Waals surface area (Å²) in [4.78, 5) is 32.3. The van der Waals surface area contributed by atoms with E-state index in [4.69, 9.17) is 23.2 Å². The number of urea groups is 1. The first-order valence-electron chi connectivity index (χ1n) is 9.96. The van der Waals surface area contributed by atoms with Crippen LogP contribution in [0.4, 0.5) is 4.79 Å². The number of carbonyl (C=O) groups is 2. The van der Waals surface area contributed by atoms with Crippen molar-refractivity contribution in [3.63, 3.8) is 0 Å². The minimum Gasteiger partial charge on any atom is -0.331 e. The number of amides is 3. The van der Waals surface area contributed by atoms with Gasteiger partial charge >= 0.3 is 6.03 Å². The topological polar surface area (TPSA) is 43.9 Å². The highest BCUT2D eigenvalue weighted by atomic mass is 35.5. The van der Waals surface area contributed by atoms with Crippen LogP contribution in [0.25, 0.3) is 0 Å². The molecule has 1 aliphatic heterocycles. The van der Waals surface area contributed by atoms with Crippen LogP contribution in [0.2, 0.25) is 10.0 Å². The van der Waals surface area contributed by atoms with Gasteiger partial charge < -0.3 is 14.7 Å². The first-order valence-corrected chi connectivity index (χ1v) is 11.6. The van der Waals surface area contributed by atoms with Crippen LogP contribution in [-0.2, 0) is 11.2 Å². The van der Waals surface area contributed by atoms with Crippen molar-refractivity contribution in [1.29, 1.82) is 0 Å². The van der Waals surface area contributed by atoms with Crippen molar-refractivity contribution in [2.75, 3.05) is 33.7 Å². The summed E-state index contributed by atoms with van der Waals surface area (Å²) >= 11 is 14.3. The minimum atomic E-state index is -0.285. The van der Waals surface area contributed by atoms with E-state index >= 15 is 0 Å². The van der Waals surface area contributed by atoms with Crippen molar-refractivity contribution in [1.82, 2.24) is 14.7 Å². The Morgan fingerprint density at radius 1 is 1.20 bits per heavy atom. The highest BCUT2D eigenvalue weighted by Gasteiger charge is 2.35. The molecule has 2 aromatic rings. The van der Waals surface area contributed by atoms with E-state index in [2.05, 4.69) is 11.4 Å². The highest BCUT2D eigenvalue weighted by Crippen LogP contribution is 2.41. The monoisotopic (exact) mass is 467 g/mol. The van der Waals surface area contributed by atoms with Crippen LogP contribution in [0.1, 0.15) is 35.9 Å². The van der Waals surface area contributed by atoms with E-state index in [1.807, 2.05) is 24.8 Å². The average molecular weight is 468 g/mol. The maximum absolute atomic E-state index is 13.5. The number of benzene rings is 1. The fourth-order valence-corrected chi connectivity index (χ4v) is 5.25. The van der Waals surface area contributed by atoms with E-state index in [9.17, 15) is 9.59 Å². The number of halogens is 2. The van der Waals surface area contributed by atoms with Gasteiger partial charge in [0.05, 0.1) is 6.04 Å². The predicted octanol–water partition coefficient (Wildman–Crippen LogP) is 5.17. The highest BCUT2D eigenvalue weighted by molar-refractivity contribution is 7.10. The Bertz CT molecular complexity index is 929. The summed E-state index contributed by atoms with van der Waals surface area (Å²) in [6, 6.07) is 7.01. The van der Waals surface area contributed by atoms with Crippen LogP contribution in [0.15, 0.2) is 29.6 Å². The van der Waals surface area contributed by atoms with Crippen LogP contribution < -0.4 is 0 Å². The van der Waals surface area contributed by atoms with Gasteiger partial charge in [0.2, 0.25) is 5.91 Å². The van der Waals surface area contributed by atoms with Gasteiger partial charge in [-0.3, -0.25) is 4.79 Å². The van der Waals surface area contributed by atoms with E-state index in [1.54, 1.807) is 42.5 Å². The van der Waals surface area contributed by atoms with Crippen LogP contribution in [0.3, 0.4) is 0 Å². The Kier molecular flexibility index (Phi) is 7.32. The summed E-state index contributed by atoms with van der Waals surface area (Å²) in [5, 5.41) is 3.14. The molecule has 30 heavy (non-hydrogen) atoms. The molecule has 0 fully saturated rings. The van der Waals surface area contributed by atoms with Gasteiger partial charge in [-0.05, 0) is 47.0 Å². The Balaban J connectivity index is 1.94. The van der Waals surface area contributed by atoms with Gasteiger partial charge in [-0.15, -0.1) is 11.3 Å². The summed E-state index contributed by atoms with van der Waals surface area (Å²) < 4.78 is 0. The largest absolute Gasteiger partial charge is 0.331 e. The van der Waals surface area contributed by atoms with Crippen molar-refractivity contribution >= 4 is 46.5 Å². The molecular weight excluding hydrogens is 441 g/mol. The lowest BCUT2D eigenvalue weighted by Crippen LogP contribution is -2.49. The zero-order valence-electron chi connectivity index (χ0n) is 17.7. The molecule has 3 rings (SSSR count). The van der Waals surface area contributed by atoms with Crippen LogP contribution in [0, 0.1) is 5.92 Å². The fraction of sp³-hybridized carbons (Fsp3) is 0.455. The maximum Gasteiger partial charge on any atom is 0.319 e. The second-order valence-electron chi connectivity index (χ2n) is 8.16. The molecule has 1 aromatic heterocycles. The van der Waals surface area contributed by atoms with Gasteiger partial charge in [0.25, 0.3) is 0 Å². The quantitative estimate of drug-likeness (QED) is 0.608. The molecule has 0 saturated carbocycles. The SMILES string of the molecule is CC(C)CN(CC(=O)N1CCc2sccc2C1c1ccc(Cl)cc1Cl)C(=O)N(C)C. The third kappa shape index (κ3) is 4.93. The smallest absolute Gasteiger partial charge is 0.319 e. The Morgan fingerprint density at radius 2 is 1.93 bits per heavy atom. The molecule has 0 saturated heterocycles. The van der Waals surface area contributed by atoms with E-state index in [-0.39, 0.29) is 30.4 Å². The summed E-state index contributed by atoms with van der Waals surface area (Å²) in [6.07, 6.45) is 0.798. The average Bonchev–Trinajstić information content (AvgIpc) is 3.14. The third-order valence-corrected chi connectivity index (χ3v) is 6.67. The molecule has 8 heteroatoms. The summed E-state index contributed by atoms with van der Waals surface area (Å²) in [5.74, 6) is 0.173. The van der Waals surface area contributed by atoms with E-state index in [0.29, 0.717) is 23.1 Å². The molecule has 162 valence electrons. The molecule has 0 spiro atoms. The Hall–Kier alpha value is -1.76. The lowest BCUT2D eigenvalue weighted by atomic mass is 9.93. The van der Waals surface area contributed by atoms with Crippen LogP contribution in [-0.4, -0.2) is 60.4 Å². The molecular formula is C22H27Cl2N3O2S. The molecule has 0 aliphatic carbocycles. The van der Waals surface area contributed by atoms with Crippen molar-refractivity contribution in [3.8, 4) is 0 Å². The Labute approximate surface area is 192 Å². The summed E-state index contributed by atoms with van der Waals surface area (Å²) in [7, 11) is 3.41. The second kappa shape index (κ2) is 9.58. The molecule has 0 bridgehead atoms. The minimum absolute atomic E-state index is 0.0381. The third-order valence-electron chi connectivity index (χ3n) is 5.11. The molecule has 1 aromatic carbocycles. The number of hydrogen-bond acceptors (Lipinski definition) is 3. The number of thiophene rings is 1. The van der Waals surface area contributed by atoms with Crippen LogP contribution >= 0.6 is 34.5 Å². The number of rotatable bonds is 5. The van der Waals surface area contributed by atoms with Crippen molar-refractivity contribution < 1.29 is 9.59 Å². The normalized spacial score (nSPS) is 15.8. The van der Waals surface area contributed by atoms with Gasteiger partial charge in [-0.1, -0.05) is 43.1 Å². The fourth-order valence-electron chi connectivity index (χ4n) is 3.83. The van der Waals surface area contributed by atoms with Gasteiger partial charge in [-0.25, -0.2) is 4.79 Å². The lowest BCUT2D eigenvalue weighted by Gasteiger charge is -2.38. The van der Waals surface area contributed by atoms with E-state index in [0.717, 1.165) is 17.5 Å². The second-order valence-corrected chi connectivity index (χ2v) is 10.0. The number of nitrogens with zero attached hydrogens (tertiary/aromatic N) is 3. The van der Waals surface area contributed by atoms with Crippen LogP contribution in [0.5, 0.6) is 0 Å². The lowest BCUT2D eigenvalue weighted by molar-refractivity contribution is -0.134.